The SMILES string of the molecule is COc1ccc(Br)cc1CC(CBr)Cc1ccc(Cl)cc1. The first kappa shape index (κ1) is 16.9. The minimum absolute atomic E-state index is 0.509. The maximum absolute atomic E-state index is 5.94. The molecular weight excluding hydrogens is 415 g/mol. The molecule has 0 aliphatic heterocycles. The molecule has 2 aromatic carbocycles. The third-order valence-electron chi connectivity index (χ3n) is 3.41. The second-order valence-electron chi connectivity index (χ2n) is 5.01. The predicted octanol–water partition coefficient (Wildman–Crippen LogP) is 5.91. The Balaban J connectivity index is 2.11. The molecule has 1 nitrogen and oxygen atoms in total. The first-order chi connectivity index (χ1) is 10.1. The van der Waals surface area contributed by atoms with Crippen LogP contribution >= 0.6 is 43.5 Å². The molecule has 1 atom stereocenters. The monoisotopic (exact) mass is 430 g/mol. The number of rotatable bonds is 6. The van der Waals surface area contributed by atoms with Gasteiger partial charge in [-0.2, -0.15) is 0 Å². The van der Waals surface area contributed by atoms with E-state index in [1.165, 1.54) is 11.1 Å². The van der Waals surface area contributed by atoms with Gasteiger partial charge < -0.3 is 4.74 Å². The molecule has 21 heavy (non-hydrogen) atoms. The van der Waals surface area contributed by atoms with Crippen molar-refractivity contribution in [1.82, 2.24) is 0 Å². The lowest BCUT2D eigenvalue weighted by molar-refractivity contribution is 0.405. The molecule has 0 spiro atoms. The summed E-state index contributed by atoms with van der Waals surface area (Å²) in [5.41, 5.74) is 2.53. The van der Waals surface area contributed by atoms with Gasteiger partial charge in [0.2, 0.25) is 0 Å². The largest absolute Gasteiger partial charge is 0.496 e. The Bertz CT molecular complexity index is 584. The number of hydrogen-bond donors (Lipinski definition) is 0. The van der Waals surface area contributed by atoms with Gasteiger partial charge in [-0.1, -0.05) is 55.6 Å². The Morgan fingerprint density at radius 3 is 2.43 bits per heavy atom. The summed E-state index contributed by atoms with van der Waals surface area (Å²) in [6.45, 7) is 0. The quantitative estimate of drug-likeness (QED) is 0.516. The van der Waals surface area contributed by atoms with Crippen LogP contribution in [0, 0.1) is 5.92 Å². The predicted molar refractivity (Wildman–Crippen MR) is 96.8 cm³/mol. The maximum atomic E-state index is 5.94. The lowest BCUT2D eigenvalue weighted by atomic mass is 9.94. The van der Waals surface area contributed by atoms with Crippen LogP contribution in [-0.2, 0) is 12.8 Å². The number of alkyl halides is 1. The van der Waals surface area contributed by atoms with E-state index in [-0.39, 0.29) is 0 Å². The van der Waals surface area contributed by atoms with Crippen LogP contribution in [0.4, 0.5) is 0 Å². The zero-order valence-corrected chi connectivity index (χ0v) is 15.7. The molecule has 0 N–H and O–H groups in total. The molecule has 0 aliphatic carbocycles. The van der Waals surface area contributed by atoms with E-state index in [0.29, 0.717) is 5.92 Å². The molecule has 0 radical (unpaired) electrons. The molecule has 112 valence electrons. The molecule has 0 saturated heterocycles. The van der Waals surface area contributed by atoms with Gasteiger partial charge in [-0.3, -0.25) is 0 Å². The smallest absolute Gasteiger partial charge is 0.122 e. The molecule has 1 unspecified atom stereocenters. The Labute approximate surface area is 147 Å². The zero-order chi connectivity index (χ0) is 15.2. The van der Waals surface area contributed by atoms with Crippen molar-refractivity contribution in [2.24, 2.45) is 5.92 Å². The Morgan fingerprint density at radius 2 is 1.81 bits per heavy atom. The fraction of sp³-hybridized carbons (Fsp3) is 0.294. The lowest BCUT2D eigenvalue weighted by Crippen LogP contribution is -2.10. The molecule has 0 fully saturated rings. The van der Waals surface area contributed by atoms with Gasteiger partial charge in [0, 0.05) is 14.8 Å². The van der Waals surface area contributed by atoms with Crippen molar-refractivity contribution in [1.29, 1.82) is 0 Å². The van der Waals surface area contributed by atoms with E-state index in [1.54, 1.807) is 7.11 Å². The van der Waals surface area contributed by atoms with Crippen LogP contribution in [0.25, 0.3) is 0 Å². The zero-order valence-electron chi connectivity index (χ0n) is 11.8. The van der Waals surface area contributed by atoms with E-state index >= 15 is 0 Å². The second-order valence-corrected chi connectivity index (χ2v) is 7.01. The van der Waals surface area contributed by atoms with Crippen molar-refractivity contribution in [3.8, 4) is 5.75 Å². The van der Waals surface area contributed by atoms with Gasteiger partial charge in [0.25, 0.3) is 0 Å². The van der Waals surface area contributed by atoms with Crippen molar-refractivity contribution >= 4 is 43.5 Å². The molecule has 4 heteroatoms. The molecule has 0 amide bonds. The van der Waals surface area contributed by atoms with E-state index in [4.69, 9.17) is 16.3 Å². The number of ether oxygens (including phenoxy) is 1. The third-order valence-corrected chi connectivity index (χ3v) is 5.07. The van der Waals surface area contributed by atoms with Crippen LogP contribution in [0.3, 0.4) is 0 Å². The topological polar surface area (TPSA) is 9.23 Å². The van der Waals surface area contributed by atoms with Crippen LogP contribution in [0.15, 0.2) is 46.9 Å². The van der Waals surface area contributed by atoms with Gasteiger partial charge in [-0.15, -0.1) is 0 Å². The molecular formula is C17H17Br2ClO. The summed E-state index contributed by atoms with van der Waals surface area (Å²) in [6, 6.07) is 14.2. The Kier molecular flexibility index (Phi) is 6.59. The van der Waals surface area contributed by atoms with E-state index in [2.05, 4.69) is 50.1 Å². The van der Waals surface area contributed by atoms with Crippen molar-refractivity contribution in [3.05, 3.63) is 63.1 Å². The van der Waals surface area contributed by atoms with Gasteiger partial charge in [0.05, 0.1) is 7.11 Å². The van der Waals surface area contributed by atoms with Gasteiger partial charge >= 0.3 is 0 Å². The highest BCUT2D eigenvalue weighted by atomic mass is 79.9. The lowest BCUT2D eigenvalue weighted by Gasteiger charge is -2.17. The number of hydrogen-bond acceptors (Lipinski definition) is 1. The fourth-order valence-corrected chi connectivity index (χ4v) is 3.35. The summed E-state index contributed by atoms with van der Waals surface area (Å²) >= 11 is 13.1. The molecule has 2 aromatic rings. The minimum Gasteiger partial charge on any atom is -0.496 e. The molecule has 0 saturated carbocycles. The summed E-state index contributed by atoms with van der Waals surface area (Å²) in [7, 11) is 1.72. The molecule has 0 bridgehead atoms. The summed E-state index contributed by atoms with van der Waals surface area (Å²) < 4.78 is 6.54. The van der Waals surface area contributed by atoms with Crippen molar-refractivity contribution < 1.29 is 4.74 Å². The second kappa shape index (κ2) is 8.21. The highest BCUT2D eigenvalue weighted by Gasteiger charge is 2.13. The summed E-state index contributed by atoms with van der Waals surface area (Å²) in [5, 5.41) is 1.73. The Hall–Kier alpha value is -0.510. The first-order valence-corrected chi connectivity index (χ1v) is 9.04. The third kappa shape index (κ3) is 5.01. The summed E-state index contributed by atoms with van der Waals surface area (Å²) in [4.78, 5) is 0. The molecule has 0 aliphatic rings. The minimum atomic E-state index is 0.509. The average Bonchev–Trinajstić information content (AvgIpc) is 2.49. The van der Waals surface area contributed by atoms with Crippen LogP contribution < -0.4 is 4.74 Å². The van der Waals surface area contributed by atoms with Crippen LogP contribution in [-0.4, -0.2) is 12.4 Å². The van der Waals surface area contributed by atoms with Crippen molar-refractivity contribution in [2.75, 3.05) is 12.4 Å². The number of halogens is 3. The summed E-state index contributed by atoms with van der Waals surface area (Å²) in [5.74, 6) is 1.45. The van der Waals surface area contributed by atoms with Gasteiger partial charge in [0.1, 0.15) is 5.75 Å². The molecule has 0 heterocycles. The van der Waals surface area contributed by atoms with Crippen LogP contribution in [0.5, 0.6) is 5.75 Å². The van der Waals surface area contributed by atoms with E-state index < -0.39 is 0 Å². The van der Waals surface area contributed by atoms with Crippen LogP contribution in [0.2, 0.25) is 5.02 Å². The average molecular weight is 433 g/mol. The first-order valence-electron chi connectivity index (χ1n) is 6.75. The normalized spacial score (nSPS) is 12.2. The van der Waals surface area contributed by atoms with Gasteiger partial charge in [-0.05, 0) is 60.2 Å². The van der Waals surface area contributed by atoms with E-state index in [1.807, 2.05) is 24.3 Å². The number of methoxy groups -OCH3 is 1. The van der Waals surface area contributed by atoms with E-state index in [9.17, 15) is 0 Å². The Morgan fingerprint density at radius 1 is 1.10 bits per heavy atom. The van der Waals surface area contributed by atoms with Crippen molar-refractivity contribution in [3.63, 3.8) is 0 Å². The maximum Gasteiger partial charge on any atom is 0.122 e. The highest BCUT2D eigenvalue weighted by molar-refractivity contribution is 9.10. The fourth-order valence-electron chi connectivity index (χ4n) is 2.35. The molecule has 0 aromatic heterocycles. The summed E-state index contributed by atoms with van der Waals surface area (Å²) in [6.07, 6.45) is 1.98. The van der Waals surface area contributed by atoms with Crippen molar-refractivity contribution in [2.45, 2.75) is 12.8 Å². The standard InChI is InChI=1S/C17H17Br2ClO/c1-21-17-7-4-15(19)10-14(17)9-13(11-18)8-12-2-5-16(20)6-3-12/h2-7,10,13H,8-9,11H2,1H3. The van der Waals surface area contributed by atoms with Crippen LogP contribution in [0.1, 0.15) is 11.1 Å². The number of benzene rings is 2. The van der Waals surface area contributed by atoms with Gasteiger partial charge in [0.15, 0.2) is 0 Å². The van der Waals surface area contributed by atoms with Gasteiger partial charge in [-0.25, -0.2) is 0 Å². The molecule has 2 rings (SSSR count). The highest BCUT2D eigenvalue weighted by Crippen LogP contribution is 2.27. The van der Waals surface area contributed by atoms with E-state index in [0.717, 1.165) is 33.4 Å².